The summed E-state index contributed by atoms with van der Waals surface area (Å²) in [6, 6.07) is 4.92. The number of nitrogens with two attached hydrogens (primary N) is 1. The third kappa shape index (κ3) is 3.17. The second-order valence-corrected chi connectivity index (χ2v) is 4.99. The standard InChI is InChI=1S/C13H16N2O4S/c1-15(7-11(16)17)12(13(14)20)8-2-3-9-10(6-8)19-5-4-18-9/h2-3,6,12H,4-5,7H2,1H3,(H2,14,20)(H,16,17). The number of nitrogens with zero attached hydrogens (tertiary/aromatic N) is 1. The summed E-state index contributed by atoms with van der Waals surface area (Å²) < 4.78 is 11.0. The van der Waals surface area contributed by atoms with Crippen LogP contribution in [0.1, 0.15) is 11.6 Å². The van der Waals surface area contributed by atoms with E-state index in [4.69, 9.17) is 32.5 Å². The normalized spacial score (nSPS) is 14.9. The van der Waals surface area contributed by atoms with Crippen molar-refractivity contribution >= 4 is 23.2 Å². The lowest BCUT2D eigenvalue weighted by atomic mass is 10.0. The smallest absolute Gasteiger partial charge is 0.317 e. The van der Waals surface area contributed by atoms with Crippen LogP contribution in [-0.2, 0) is 4.79 Å². The van der Waals surface area contributed by atoms with Crippen molar-refractivity contribution < 1.29 is 19.4 Å². The van der Waals surface area contributed by atoms with E-state index in [0.717, 1.165) is 5.56 Å². The van der Waals surface area contributed by atoms with Crippen LogP contribution < -0.4 is 15.2 Å². The lowest BCUT2D eigenvalue weighted by Crippen LogP contribution is -2.37. The molecule has 0 aromatic heterocycles. The number of carbonyl (C=O) groups is 1. The van der Waals surface area contributed by atoms with Gasteiger partial charge in [-0.15, -0.1) is 0 Å². The van der Waals surface area contributed by atoms with Crippen LogP contribution in [0.2, 0.25) is 0 Å². The van der Waals surface area contributed by atoms with Crippen molar-refractivity contribution in [3.05, 3.63) is 23.8 Å². The number of carboxylic acid groups (broad SMARTS) is 1. The molecular formula is C13H16N2O4S. The van der Waals surface area contributed by atoms with Gasteiger partial charge in [0.05, 0.1) is 17.6 Å². The molecule has 0 bridgehead atoms. The van der Waals surface area contributed by atoms with Crippen LogP contribution in [0.5, 0.6) is 11.5 Å². The van der Waals surface area contributed by atoms with Crippen LogP contribution in [-0.4, -0.2) is 47.8 Å². The minimum Gasteiger partial charge on any atom is -0.486 e. The molecule has 0 amide bonds. The van der Waals surface area contributed by atoms with Gasteiger partial charge in [-0.1, -0.05) is 18.3 Å². The van der Waals surface area contributed by atoms with E-state index in [0.29, 0.717) is 24.7 Å². The maximum Gasteiger partial charge on any atom is 0.317 e. The SMILES string of the molecule is CN(CC(=O)O)C(C(N)=S)c1ccc2c(c1)OCCO2. The van der Waals surface area contributed by atoms with Gasteiger partial charge >= 0.3 is 5.97 Å². The van der Waals surface area contributed by atoms with Gasteiger partial charge in [0.25, 0.3) is 0 Å². The molecule has 1 aromatic carbocycles. The molecule has 6 nitrogen and oxygen atoms in total. The van der Waals surface area contributed by atoms with Crippen LogP contribution in [0.15, 0.2) is 18.2 Å². The number of fused-ring (bicyclic) bond motifs is 1. The Balaban J connectivity index is 2.29. The number of aliphatic carboxylic acids is 1. The average Bonchev–Trinajstić information content (AvgIpc) is 2.37. The van der Waals surface area contributed by atoms with Gasteiger partial charge in [0.2, 0.25) is 0 Å². The fraction of sp³-hybridized carbons (Fsp3) is 0.385. The van der Waals surface area contributed by atoms with Crippen LogP contribution in [0.3, 0.4) is 0 Å². The highest BCUT2D eigenvalue weighted by Gasteiger charge is 2.24. The molecule has 1 aliphatic rings. The highest BCUT2D eigenvalue weighted by atomic mass is 32.1. The highest BCUT2D eigenvalue weighted by Crippen LogP contribution is 2.33. The third-order valence-electron chi connectivity index (χ3n) is 2.98. The number of hydrogen-bond donors (Lipinski definition) is 2. The van der Waals surface area contributed by atoms with Crippen molar-refractivity contribution in [3.8, 4) is 11.5 Å². The lowest BCUT2D eigenvalue weighted by molar-refractivity contribution is -0.138. The van der Waals surface area contributed by atoms with E-state index in [9.17, 15) is 4.79 Å². The Hall–Kier alpha value is -1.86. The van der Waals surface area contributed by atoms with Crippen molar-refractivity contribution in [3.63, 3.8) is 0 Å². The number of benzene rings is 1. The molecule has 108 valence electrons. The van der Waals surface area contributed by atoms with Gasteiger partial charge in [-0.3, -0.25) is 9.69 Å². The Morgan fingerprint density at radius 2 is 2.10 bits per heavy atom. The zero-order valence-corrected chi connectivity index (χ0v) is 11.9. The average molecular weight is 296 g/mol. The van der Waals surface area contributed by atoms with Crippen molar-refractivity contribution in [1.29, 1.82) is 0 Å². The van der Waals surface area contributed by atoms with Gasteiger partial charge in [0, 0.05) is 0 Å². The van der Waals surface area contributed by atoms with Crippen LogP contribution >= 0.6 is 12.2 Å². The molecule has 1 unspecified atom stereocenters. The molecule has 0 saturated heterocycles. The lowest BCUT2D eigenvalue weighted by Gasteiger charge is -2.27. The van der Waals surface area contributed by atoms with E-state index >= 15 is 0 Å². The monoisotopic (exact) mass is 296 g/mol. The topological polar surface area (TPSA) is 85.0 Å². The molecule has 0 saturated carbocycles. The zero-order valence-electron chi connectivity index (χ0n) is 11.0. The maximum atomic E-state index is 10.8. The van der Waals surface area contributed by atoms with E-state index in [2.05, 4.69) is 0 Å². The summed E-state index contributed by atoms with van der Waals surface area (Å²) in [6.07, 6.45) is 0. The number of likely N-dealkylation sites (N-methyl/N-ethyl adjacent to an activating group) is 1. The van der Waals surface area contributed by atoms with Gasteiger partial charge in [0.15, 0.2) is 11.5 Å². The number of thiocarbonyl (C=S) groups is 1. The Morgan fingerprint density at radius 3 is 2.70 bits per heavy atom. The number of carboxylic acids is 1. The Morgan fingerprint density at radius 1 is 1.45 bits per heavy atom. The van der Waals surface area contributed by atoms with Crippen LogP contribution in [0.4, 0.5) is 0 Å². The van der Waals surface area contributed by atoms with Gasteiger partial charge in [-0.05, 0) is 24.7 Å². The Bertz CT molecular complexity index is 535. The summed E-state index contributed by atoms with van der Waals surface area (Å²) in [4.78, 5) is 12.6. The van der Waals surface area contributed by atoms with E-state index in [1.165, 1.54) is 0 Å². The molecule has 0 aliphatic carbocycles. The number of ether oxygens (including phenoxy) is 2. The quantitative estimate of drug-likeness (QED) is 0.777. The van der Waals surface area contributed by atoms with Gasteiger partial charge < -0.3 is 20.3 Å². The zero-order chi connectivity index (χ0) is 14.7. The van der Waals surface area contributed by atoms with Crippen molar-refractivity contribution in [2.75, 3.05) is 26.8 Å². The molecule has 7 heteroatoms. The first-order valence-electron chi connectivity index (χ1n) is 6.10. The molecule has 0 fully saturated rings. The fourth-order valence-corrected chi connectivity index (χ4v) is 2.49. The van der Waals surface area contributed by atoms with Crippen LogP contribution in [0.25, 0.3) is 0 Å². The van der Waals surface area contributed by atoms with E-state index < -0.39 is 12.0 Å². The maximum absolute atomic E-state index is 10.8. The van der Waals surface area contributed by atoms with Gasteiger partial charge in [-0.25, -0.2) is 0 Å². The molecule has 0 radical (unpaired) electrons. The van der Waals surface area contributed by atoms with E-state index in [1.807, 2.05) is 6.07 Å². The molecule has 20 heavy (non-hydrogen) atoms. The minimum atomic E-state index is -0.939. The fourth-order valence-electron chi connectivity index (χ4n) is 2.17. The summed E-state index contributed by atoms with van der Waals surface area (Å²) >= 11 is 5.05. The molecule has 3 N–H and O–H groups in total. The molecular weight excluding hydrogens is 280 g/mol. The van der Waals surface area contributed by atoms with Gasteiger partial charge in [0.1, 0.15) is 13.2 Å². The van der Waals surface area contributed by atoms with Crippen molar-refractivity contribution in [2.24, 2.45) is 5.73 Å². The summed E-state index contributed by atoms with van der Waals surface area (Å²) in [5.41, 5.74) is 6.53. The first-order valence-corrected chi connectivity index (χ1v) is 6.50. The molecule has 2 rings (SSSR count). The first-order chi connectivity index (χ1) is 9.49. The van der Waals surface area contributed by atoms with Crippen molar-refractivity contribution in [1.82, 2.24) is 4.90 Å². The van der Waals surface area contributed by atoms with Gasteiger partial charge in [-0.2, -0.15) is 0 Å². The molecule has 0 spiro atoms. The summed E-state index contributed by atoms with van der Waals surface area (Å²) in [7, 11) is 1.66. The molecule has 1 aliphatic heterocycles. The largest absolute Gasteiger partial charge is 0.486 e. The summed E-state index contributed by atoms with van der Waals surface area (Å²) in [5.74, 6) is 0.354. The first kappa shape index (κ1) is 14.5. The second-order valence-electron chi connectivity index (χ2n) is 4.52. The van der Waals surface area contributed by atoms with E-state index in [-0.39, 0.29) is 11.5 Å². The molecule has 1 heterocycles. The van der Waals surface area contributed by atoms with E-state index in [1.54, 1.807) is 24.1 Å². The predicted octanol–water partition coefficient (Wildman–Crippen LogP) is 0.801. The molecule has 1 atom stereocenters. The van der Waals surface area contributed by atoms with Crippen LogP contribution in [0, 0.1) is 0 Å². The third-order valence-corrected chi connectivity index (χ3v) is 3.20. The minimum absolute atomic E-state index is 0.156. The summed E-state index contributed by atoms with van der Waals surface area (Å²) in [5, 5.41) is 8.88. The number of hydrogen-bond acceptors (Lipinski definition) is 5. The predicted molar refractivity (Wildman–Crippen MR) is 77.2 cm³/mol. The molecule has 1 aromatic rings. The Kier molecular flexibility index (Phi) is 4.41. The summed E-state index contributed by atoms with van der Waals surface area (Å²) in [6.45, 7) is 0.847. The Labute approximate surface area is 122 Å². The number of rotatable bonds is 5. The second kappa shape index (κ2) is 6.06. The highest BCUT2D eigenvalue weighted by molar-refractivity contribution is 7.80. The van der Waals surface area contributed by atoms with Crippen molar-refractivity contribution in [2.45, 2.75) is 6.04 Å².